The summed E-state index contributed by atoms with van der Waals surface area (Å²) in [6.07, 6.45) is 10.1. The first kappa shape index (κ1) is 10.9. The van der Waals surface area contributed by atoms with Crippen molar-refractivity contribution < 1.29 is 5.11 Å². The maximum atomic E-state index is 9.93. The van der Waals surface area contributed by atoms with Gasteiger partial charge in [0.15, 0.2) is 0 Å². The highest BCUT2D eigenvalue weighted by atomic mass is 16.3. The fourth-order valence-corrected chi connectivity index (χ4v) is 2.94. The summed E-state index contributed by atoms with van der Waals surface area (Å²) < 4.78 is 2.20. The van der Waals surface area contributed by atoms with Crippen LogP contribution in [0.1, 0.15) is 49.3 Å². The zero-order valence-electron chi connectivity index (χ0n) is 10.0. The number of nitriles is 1. The summed E-state index contributed by atoms with van der Waals surface area (Å²) in [6, 6.07) is 2.30. The zero-order chi connectivity index (χ0) is 11.9. The van der Waals surface area contributed by atoms with Gasteiger partial charge < -0.3 is 9.67 Å². The van der Waals surface area contributed by atoms with Gasteiger partial charge in [0.1, 0.15) is 0 Å². The fraction of sp³-hybridized carbons (Fsp3) is 0.643. The maximum Gasteiger partial charge on any atom is 0.0807 e. The van der Waals surface area contributed by atoms with Crippen molar-refractivity contribution >= 4 is 0 Å². The second kappa shape index (κ2) is 3.89. The monoisotopic (exact) mass is 230 g/mol. The van der Waals surface area contributed by atoms with Crippen LogP contribution >= 0.6 is 0 Å². The lowest BCUT2D eigenvalue weighted by atomic mass is 9.93. The molecular weight excluding hydrogens is 212 g/mol. The number of aliphatic hydroxyl groups excluding tert-OH is 1. The normalized spacial score (nSPS) is 25.1. The average Bonchev–Trinajstić information content (AvgIpc) is 2.90. The topological polar surface area (TPSA) is 49.0 Å². The number of fused-ring (bicyclic) bond motifs is 1. The molecule has 2 aliphatic carbocycles. The molecule has 3 rings (SSSR count). The Morgan fingerprint density at radius 2 is 2.29 bits per heavy atom. The maximum absolute atomic E-state index is 9.93. The van der Waals surface area contributed by atoms with Crippen molar-refractivity contribution in [3.05, 3.63) is 23.5 Å². The minimum absolute atomic E-state index is 0.237. The Labute approximate surface area is 102 Å². The predicted molar refractivity (Wildman–Crippen MR) is 64.2 cm³/mol. The van der Waals surface area contributed by atoms with Gasteiger partial charge in [-0.25, -0.2) is 0 Å². The van der Waals surface area contributed by atoms with Crippen molar-refractivity contribution in [3.63, 3.8) is 0 Å². The highest BCUT2D eigenvalue weighted by molar-refractivity contribution is 5.29. The smallest absolute Gasteiger partial charge is 0.0807 e. The van der Waals surface area contributed by atoms with Crippen LogP contribution in [0, 0.1) is 16.7 Å². The number of aliphatic hydroxyl groups is 1. The average molecular weight is 230 g/mol. The molecule has 1 atom stereocenters. The van der Waals surface area contributed by atoms with Gasteiger partial charge in [-0.2, -0.15) is 5.26 Å². The summed E-state index contributed by atoms with van der Waals surface area (Å²) in [4.78, 5) is 0. The molecule has 0 bridgehead atoms. The number of hydrogen-bond donors (Lipinski definition) is 1. The molecule has 0 saturated heterocycles. The van der Waals surface area contributed by atoms with Gasteiger partial charge in [0.2, 0.25) is 0 Å². The van der Waals surface area contributed by atoms with Gasteiger partial charge in [-0.1, -0.05) is 0 Å². The molecule has 3 heteroatoms. The van der Waals surface area contributed by atoms with Crippen molar-refractivity contribution in [1.29, 1.82) is 5.26 Å². The third-order valence-corrected chi connectivity index (χ3v) is 4.21. The number of rotatable bonds is 3. The Morgan fingerprint density at radius 3 is 2.94 bits per heavy atom. The third-order valence-electron chi connectivity index (χ3n) is 4.21. The van der Waals surface area contributed by atoms with E-state index in [9.17, 15) is 5.11 Å². The Bertz CT molecular complexity index is 465. The SMILES string of the molecule is N#CCC1(Cn2cc3c(c2)C(O)CCC3)CC1. The van der Waals surface area contributed by atoms with Crippen molar-refractivity contribution in [3.8, 4) is 6.07 Å². The van der Waals surface area contributed by atoms with Crippen LogP contribution in [0.2, 0.25) is 0 Å². The number of aromatic nitrogens is 1. The first-order valence-corrected chi connectivity index (χ1v) is 6.46. The Morgan fingerprint density at radius 1 is 1.47 bits per heavy atom. The summed E-state index contributed by atoms with van der Waals surface area (Å²) in [7, 11) is 0. The van der Waals surface area contributed by atoms with Crippen LogP contribution in [0.15, 0.2) is 12.4 Å². The number of nitrogens with zero attached hydrogens (tertiary/aromatic N) is 2. The van der Waals surface area contributed by atoms with Crippen molar-refractivity contribution in [2.45, 2.75) is 51.2 Å². The van der Waals surface area contributed by atoms with E-state index in [1.807, 2.05) is 0 Å². The molecule has 0 spiro atoms. The van der Waals surface area contributed by atoms with E-state index in [0.29, 0.717) is 6.42 Å². The lowest BCUT2D eigenvalue weighted by molar-refractivity contribution is 0.157. The molecular formula is C14H18N2O. The molecule has 1 N–H and O–H groups in total. The molecule has 1 aromatic rings. The Balaban J connectivity index is 1.79. The van der Waals surface area contributed by atoms with Crippen molar-refractivity contribution in [2.75, 3.05) is 0 Å². The molecule has 0 aliphatic heterocycles. The van der Waals surface area contributed by atoms with Gasteiger partial charge in [0.05, 0.1) is 12.2 Å². The second-order valence-corrected chi connectivity index (χ2v) is 5.65. The highest BCUT2D eigenvalue weighted by Crippen LogP contribution is 2.50. The minimum atomic E-state index is -0.272. The molecule has 1 saturated carbocycles. The summed E-state index contributed by atoms with van der Waals surface area (Å²) in [5.41, 5.74) is 2.65. The molecule has 1 heterocycles. The molecule has 3 nitrogen and oxygen atoms in total. The van der Waals surface area contributed by atoms with Crippen LogP contribution in [-0.4, -0.2) is 9.67 Å². The van der Waals surface area contributed by atoms with Crippen LogP contribution in [0.3, 0.4) is 0 Å². The first-order valence-electron chi connectivity index (χ1n) is 6.46. The molecule has 0 radical (unpaired) electrons. The summed E-state index contributed by atoms with van der Waals surface area (Å²) in [6.45, 7) is 0.945. The standard InChI is InChI=1S/C14H18N2O/c15-7-6-14(4-5-14)10-16-8-11-2-1-3-13(17)12(11)9-16/h8-9,13,17H,1-6,10H2. The number of aryl methyl sites for hydroxylation is 1. The van der Waals surface area contributed by atoms with E-state index in [2.05, 4.69) is 23.0 Å². The molecule has 17 heavy (non-hydrogen) atoms. The van der Waals surface area contributed by atoms with Gasteiger partial charge in [0, 0.05) is 36.3 Å². The van der Waals surface area contributed by atoms with Gasteiger partial charge in [0.25, 0.3) is 0 Å². The van der Waals surface area contributed by atoms with E-state index in [1.165, 1.54) is 18.4 Å². The molecule has 1 unspecified atom stereocenters. The lowest BCUT2D eigenvalue weighted by Gasteiger charge is -2.16. The van der Waals surface area contributed by atoms with Gasteiger partial charge in [-0.05, 0) is 37.7 Å². The van der Waals surface area contributed by atoms with E-state index in [4.69, 9.17) is 5.26 Å². The molecule has 1 aromatic heterocycles. The van der Waals surface area contributed by atoms with Crippen LogP contribution in [0.5, 0.6) is 0 Å². The second-order valence-electron chi connectivity index (χ2n) is 5.65. The van der Waals surface area contributed by atoms with E-state index >= 15 is 0 Å². The molecule has 2 aliphatic rings. The van der Waals surface area contributed by atoms with Gasteiger partial charge in [-0.3, -0.25) is 0 Å². The van der Waals surface area contributed by atoms with Crippen LogP contribution in [0.25, 0.3) is 0 Å². The Kier molecular flexibility index (Phi) is 2.48. The number of hydrogen-bond acceptors (Lipinski definition) is 2. The van der Waals surface area contributed by atoms with Gasteiger partial charge in [-0.15, -0.1) is 0 Å². The third kappa shape index (κ3) is 1.98. The highest BCUT2D eigenvalue weighted by Gasteiger charge is 2.42. The zero-order valence-corrected chi connectivity index (χ0v) is 10.0. The summed E-state index contributed by atoms with van der Waals surface area (Å²) in [5.74, 6) is 0. The molecule has 90 valence electrons. The fourth-order valence-electron chi connectivity index (χ4n) is 2.94. The molecule has 1 fully saturated rings. The van der Waals surface area contributed by atoms with Crippen molar-refractivity contribution in [2.24, 2.45) is 5.41 Å². The van der Waals surface area contributed by atoms with E-state index in [-0.39, 0.29) is 11.5 Å². The van der Waals surface area contributed by atoms with Gasteiger partial charge >= 0.3 is 0 Å². The molecule has 0 aromatic carbocycles. The van der Waals surface area contributed by atoms with Crippen LogP contribution < -0.4 is 0 Å². The first-order chi connectivity index (χ1) is 8.22. The van der Waals surface area contributed by atoms with E-state index < -0.39 is 0 Å². The minimum Gasteiger partial charge on any atom is -0.388 e. The summed E-state index contributed by atoms with van der Waals surface area (Å²) >= 11 is 0. The van der Waals surface area contributed by atoms with E-state index in [0.717, 1.165) is 31.4 Å². The Hall–Kier alpha value is -1.27. The lowest BCUT2D eigenvalue weighted by Crippen LogP contribution is -2.09. The predicted octanol–water partition coefficient (Wildman–Crippen LogP) is 2.55. The van der Waals surface area contributed by atoms with Crippen LogP contribution in [0.4, 0.5) is 0 Å². The van der Waals surface area contributed by atoms with E-state index in [1.54, 1.807) is 0 Å². The quantitative estimate of drug-likeness (QED) is 0.867. The molecule has 0 amide bonds. The summed E-state index contributed by atoms with van der Waals surface area (Å²) in [5, 5.41) is 18.8. The van der Waals surface area contributed by atoms with Crippen molar-refractivity contribution in [1.82, 2.24) is 4.57 Å². The largest absolute Gasteiger partial charge is 0.388 e. The van der Waals surface area contributed by atoms with Crippen LogP contribution in [-0.2, 0) is 13.0 Å².